The van der Waals surface area contributed by atoms with Crippen molar-refractivity contribution in [1.29, 1.82) is 0 Å². The number of halogens is 2. The second-order valence-corrected chi connectivity index (χ2v) is 10.5. The molecule has 2 aromatic heterocycles. The Labute approximate surface area is 232 Å². The Morgan fingerprint density at radius 3 is 2.48 bits per heavy atom. The van der Waals surface area contributed by atoms with Gasteiger partial charge in [-0.05, 0) is 50.9 Å². The number of fused-ring (bicyclic) bond motifs is 3. The SMILES string of the molecule is CCN1CCCCC(CC(=O)c2cc3c4c(cnc3[nH]2)CN(c2c(F)c(OC)cc(OC)c2F)C(=O)N4C)CC1. The summed E-state index contributed by atoms with van der Waals surface area (Å²) >= 11 is 0. The van der Waals surface area contributed by atoms with Crippen molar-refractivity contribution < 1.29 is 27.8 Å². The molecule has 1 fully saturated rings. The number of aromatic amines is 1. The minimum absolute atomic E-state index is 0.0133. The minimum Gasteiger partial charge on any atom is -0.493 e. The lowest BCUT2D eigenvalue weighted by Gasteiger charge is -2.35. The molecule has 0 radical (unpaired) electrons. The van der Waals surface area contributed by atoms with Crippen LogP contribution in [-0.4, -0.2) is 67.6 Å². The zero-order valence-corrected chi connectivity index (χ0v) is 23.4. The summed E-state index contributed by atoms with van der Waals surface area (Å²) < 4.78 is 40.6. The predicted octanol–water partition coefficient (Wildman–Crippen LogP) is 5.52. The summed E-state index contributed by atoms with van der Waals surface area (Å²) in [6.45, 7) is 5.18. The van der Waals surface area contributed by atoms with Crippen molar-refractivity contribution in [2.45, 2.75) is 45.6 Å². The molecule has 2 aliphatic rings. The van der Waals surface area contributed by atoms with Crippen molar-refractivity contribution >= 4 is 34.2 Å². The Morgan fingerprint density at radius 2 is 1.80 bits per heavy atom. The van der Waals surface area contributed by atoms with E-state index in [0.29, 0.717) is 40.3 Å². The van der Waals surface area contributed by atoms with Gasteiger partial charge in [-0.3, -0.25) is 14.6 Å². The fourth-order valence-electron chi connectivity index (χ4n) is 5.85. The molecule has 0 spiro atoms. The summed E-state index contributed by atoms with van der Waals surface area (Å²) in [5.41, 5.74) is 1.48. The number of nitrogens with one attached hydrogen (secondary N) is 1. The van der Waals surface area contributed by atoms with E-state index in [1.54, 1.807) is 12.3 Å². The quantitative estimate of drug-likeness (QED) is 0.386. The first-order valence-electron chi connectivity index (χ1n) is 13.7. The number of hydrogen-bond donors (Lipinski definition) is 1. The number of benzene rings is 1. The second-order valence-electron chi connectivity index (χ2n) is 10.5. The van der Waals surface area contributed by atoms with Crippen LogP contribution in [0.5, 0.6) is 11.5 Å². The third-order valence-electron chi connectivity index (χ3n) is 8.12. The highest BCUT2D eigenvalue weighted by Gasteiger charge is 2.36. The van der Waals surface area contributed by atoms with Crippen LogP contribution in [-0.2, 0) is 6.54 Å². The Balaban J connectivity index is 1.44. The number of nitrogens with zero attached hydrogens (tertiary/aromatic N) is 4. The molecule has 1 unspecified atom stereocenters. The Bertz CT molecular complexity index is 1410. The summed E-state index contributed by atoms with van der Waals surface area (Å²) in [6.07, 6.45) is 6.29. The van der Waals surface area contributed by atoms with Gasteiger partial charge < -0.3 is 19.4 Å². The first kappa shape index (κ1) is 27.8. The highest BCUT2D eigenvalue weighted by atomic mass is 19.1. The summed E-state index contributed by atoms with van der Waals surface area (Å²) in [6, 6.07) is 2.19. The number of carbonyl (C=O) groups is 2. The maximum atomic E-state index is 15.2. The van der Waals surface area contributed by atoms with Gasteiger partial charge in [-0.15, -0.1) is 0 Å². The third-order valence-corrected chi connectivity index (χ3v) is 8.12. The molecular formula is C29H35F2N5O4. The van der Waals surface area contributed by atoms with Crippen LogP contribution in [0, 0.1) is 17.6 Å². The highest BCUT2D eigenvalue weighted by molar-refractivity contribution is 6.12. The van der Waals surface area contributed by atoms with Gasteiger partial charge in [0.05, 0.1) is 32.1 Å². The topological polar surface area (TPSA) is 91.0 Å². The zero-order valence-electron chi connectivity index (χ0n) is 23.4. The number of anilines is 2. The van der Waals surface area contributed by atoms with E-state index in [4.69, 9.17) is 9.47 Å². The van der Waals surface area contributed by atoms with Gasteiger partial charge in [0.25, 0.3) is 0 Å². The van der Waals surface area contributed by atoms with E-state index in [9.17, 15) is 9.59 Å². The minimum atomic E-state index is -1.01. The van der Waals surface area contributed by atoms with Crippen LogP contribution >= 0.6 is 0 Å². The smallest absolute Gasteiger partial charge is 0.329 e. The van der Waals surface area contributed by atoms with Gasteiger partial charge in [0.15, 0.2) is 28.9 Å². The van der Waals surface area contributed by atoms with Crippen molar-refractivity contribution in [2.75, 3.05) is 50.7 Å². The van der Waals surface area contributed by atoms with Gasteiger partial charge in [0.2, 0.25) is 0 Å². The molecular weight excluding hydrogens is 520 g/mol. The molecule has 9 nitrogen and oxygen atoms in total. The average Bonchev–Trinajstić information content (AvgIpc) is 3.38. The number of ketones is 1. The van der Waals surface area contributed by atoms with Crippen LogP contribution in [0.25, 0.3) is 11.0 Å². The number of hydrogen-bond acceptors (Lipinski definition) is 6. The van der Waals surface area contributed by atoms with Crippen LogP contribution in [0.4, 0.5) is 25.0 Å². The molecule has 1 N–H and O–H groups in total. The number of methoxy groups -OCH3 is 2. The summed E-state index contributed by atoms with van der Waals surface area (Å²) in [5.74, 6) is -2.18. The van der Waals surface area contributed by atoms with Crippen molar-refractivity contribution in [1.82, 2.24) is 14.9 Å². The summed E-state index contributed by atoms with van der Waals surface area (Å²) in [5, 5.41) is 0.607. The molecule has 4 heterocycles. The highest BCUT2D eigenvalue weighted by Crippen LogP contribution is 2.42. The van der Waals surface area contributed by atoms with Crippen molar-refractivity contribution in [3.05, 3.63) is 41.2 Å². The molecule has 214 valence electrons. The van der Waals surface area contributed by atoms with Crippen molar-refractivity contribution in [3.63, 3.8) is 0 Å². The van der Waals surface area contributed by atoms with Gasteiger partial charge in [0, 0.05) is 36.7 Å². The van der Waals surface area contributed by atoms with E-state index in [1.165, 1.54) is 26.2 Å². The van der Waals surface area contributed by atoms with Crippen LogP contribution in [0.15, 0.2) is 18.3 Å². The molecule has 5 rings (SSSR count). The van der Waals surface area contributed by atoms with E-state index in [0.717, 1.165) is 56.3 Å². The lowest BCUT2D eigenvalue weighted by Crippen LogP contribution is -2.46. The van der Waals surface area contributed by atoms with Crippen LogP contribution < -0.4 is 19.3 Å². The van der Waals surface area contributed by atoms with Gasteiger partial charge in [-0.25, -0.2) is 18.6 Å². The maximum absolute atomic E-state index is 15.2. The van der Waals surface area contributed by atoms with Gasteiger partial charge in [-0.2, -0.15) is 0 Å². The van der Waals surface area contributed by atoms with Gasteiger partial charge >= 0.3 is 6.03 Å². The van der Waals surface area contributed by atoms with Crippen molar-refractivity contribution in [3.8, 4) is 11.5 Å². The number of pyridine rings is 1. The fraction of sp³-hybridized carbons (Fsp3) is 0.483. The number of carbonyl (C=O) groups excluding carboxylic acids is 2. The number of rotatable bonds is 7. The number of H-pyrrole nitrogens is 1. The molecule has 1 saturated heterocycles. The van der Waals surface area contributed by atoms with E-state index in [-0.39, 0.29) is 23.8 Å². The van der Waals surface area contributed by atoms with E-state index in [2.05, 4.69) is 21.8 Å². The second kappa shape index (κ2) is 11.4. The van der Waals surface area contributed by atoms with E-state index >= 15 is 8.78 Å². The molecule has 2 aliphatic heterocycles. The summed E-state index contributed by atoms with van der Waals surface area (Å²) in [4.78, 5) is 39.2. The Morgan fingerprint density at radius 1 is 1.07 bits per heavy atom. The Kier molecular flexibility index (Phi) is 7.93. The molecule has 0 bridgehead atoms. The number of urea groups is 1. The lowest BCUT2D eigenvalue weighted by molar-refractivity contribution is 0.0943. The molecule has 40 heavy (non-hydrogen) atoms. The number of ether oxygens (including phenoxy) is 2. The van der Waals surface area contributed by atoms with Crippen molar-refractivity contribution in [2.24, 2.45) is 5.92 Å². The largest absolute Gasteiger partial charge is 0.493 e. The molecule has 11 heteroatoms. The zero-order chi connectivity index (χ0) is 28.6. The average molecular weight is 556 g/mol. The normalized spacial score (nSPS) is 18.4. The van der Waals surface area contributed by atoms with E-state index < -0.39 is 23.4 Å². The van der Waals surface area contributed by atoms with E-state index in [1.807, 2.05) is 0 Å². The standard InChI is InChI=1S/C29H35F2N5O4/c1-5-35-10-7-6-8-17(9-11-35)12-21(37)20-13-19-26-18(15-32-28(19)33-20)16-36(29(38)34(26)2)27-24(30)22(39-3)14-23(40-4)25(27)31/h13-15,17H,5-12,16H2,1-4H3,(H,32,33). The lowest BCUT2D eigenvalue weighted by atomic mass is 9.90. The molecule has 0 saturated carbocycles. The monoisotopic (exact) mass is 555 g/mol. The van der Waals surface area contributed by atoms with Crippen LogP contribution in [0.1, 0.15) is 55.1 Å². The van der Waals surface area contributed by atoms with Gasteiger partial charge in [0.1, 0.15) is 11.3 Å². The third kappa shape index (κ3) is 4.98. The number of amides is 2. The molecule has 3 aromatic rings. The van der Waals surface area contributed by atoms with Gasteiger partial charge in [-0.1, -0.05) is 13.3 Å². The maximum Gasteiger partial charge on any atom is 0.329 e. The molecule has 0 aliphatic carbocycles. The molecule has 2 amide bonds. The molecule has 1 aromatic carbocycles. The number of aromatic nitrogens is 2. The Hall–Kier alpha value is -3.73. The number of Topliss-reactive ketones (excluding diaryl/α,β-unsaturated/α-hetero) is 1. The first-order valence-corrected chi connectivity index (χ1v) is 13.7. The first-order chi connectivity index (χ1) is 19.3. The fourth-order valence-corrected chi connectivity index (χ4v) is 5.85. The van der Waals surface area contributed by atoms with Crippen LogP contribution in [0.2, 0.25) is 0 Å². The van der Waals surface area contributed by atoms with Crippen LogP contribution in [0.3, 0.4) is 0 Å². The molecule has 1 atom stereocenters. The predicted molar refractivity (Wildman–Crippen MR) is 149 cm³/mol. The number of likely N-dealkylation sites (tertiary alicyclic amines) is 1. The summed E-state index contributed by atoms with van der Waals surface area (Å²) in [7, 11) is 4.03.